The van der Waals surface area contributed by atoms with Crippen molar-refractivity contribution in [3.63, 3.8) is 0 Å². The van der Waals surface area contributed by atoms with E-state index in [9.17, 15) is 0 Å². The summed E-state index contributed by atoms with van der Waals surface area (Å²) in [5.41, 5.74) is 0.854. The molecule has 0 fully saturated rings. The van der Waals surface area contributed by atoms with E-state index in [1.165, 1.54) is 0 Å². The maximum Gasteiger partial charge on any atom is 0.165 e. The lowest BCUT2D eigenvalue weighted by molar-refractivity contribution is 0.582. The van der Waals surface area contributed by atoms with Gasteiger partial charge < -0.3 is 4.42 Å². The number of fused-ring (bicyclic) bond motifs is 1. The maximum atomic E-state index is 5.29. The molecule has 0 unspecified atom stereocenters. The maximum absolute atomic E-state index is 5.29. The minimum Gasteiger partial charge on any atom is -0.449 e. The van der Waals surface area contributed by atoms with Gasteiger partial charge in [0.15, 0.2) is 9.35 Å². The first-order chi connectivity index (χ1) is 4.86. The van der Waals surface area contributed by atoms with E-state index < -0.39 is 0 Å². The largest absolute Gasteiger partial charge is 0.449 e. The smallest absolute Gasteiger partial charge is 0.165 e. The minimum atomic E-state index is 0.854. The summed E-state index contributed by atoms with van der Waals surface area (Å²) in [7, 11) is 0. The molecule has 50 valence electrons. The first-order valence-electron chi connectivity index (χ1n) is 2.85. The number of hydrogen-bond donors (Lipinski definition) is 0. The van der Waals surface area contributed by atoms with Crippen molar-refractivity contribution in [2.75, 3.05) is 0 Å². The second-order valence-electron chi connectivity index (χ2n) is 1.96. The van der Waals surface area contributed by atoms with Crippen molar-refractivity contribution < 1.29 is 4.42 Å². The molecule has 2 aromatic heterocycles. The van der Waals surface area contributed by atoms with Gasteiger partial charge in [-0.25, -0.2) is 0 Å². The fourth-order valence-corrected chi connectivity index (χ4v) is 1.42. The molecule has 0 aromatic carbocycles. The summed E-state index contributed by atoms with van der Waals surface area (Å²) in [6.45, 7) is 0. The molecular weight excluding hydrogens is 241 g/mol. The first-order valence-corrected chi connectivity index (χ1v) is 3.93. The van der Waals surface area contributed by atoms with Crippen molar-refractivity contribution in [1.29, 1.82) is 0 Å². The van der Waals surface area contributed by atoms with Crippen molar-refractivity contribution in [3.8, 4) is 0 Å². The van der Waals surface area contributed by atoms with Gasteiger partial charge in [0.25, 0.3) is 0 Å². The third-order valence-corrected chi connectivity index (χ3v) is 1.82. The van der Waals surface area contributed by atoms with Gasteiger partial charge in [-0.15, -0.1) is 0 Å². The van der Waals surface area contributed by atoms with Gasteiger partial charge in [0, 0.05) is 11.6 Å². The quantitative estimate of drug-likeness (QED) is 0.666. The molecule has 0 aliphatic heterocycles. The molecule has 2 aromatic rings. The van der Waals surface area contributed by atoms with Crippen molar-refractivity contribution in [1.82, 2.24) is 4.98 Å². The van der Waals surface area contributed by atoms with Crippen molar-refractivity contribution in [2.24, 2.45) is 0 Å². The molecule has 10 heavy (non-hydrogen) atoms. The van der Waals surface area contributed by atoms with Gasteiger partial charge in [-0.1, -0.05) is 0 Å². The lowest BCUT2D eigenvalue weighted by atomic mass is 10.3. The Hall–Kier alpha value is -0.580. The Morgan fingerprint density at radius 2 is 2.40 bits per heavy atom. The summed E-state index contributed by atoms with van der Waals surface area (Å²) >= 11 is 2.14. The molecule has 0 atom stereocenters. The van der Waals surface area contributed by atoms with Crippen LogP contribution >= 0.6 is 22.6 Å². The van der Waals surface area contributed by atoms with E-state index >= 15 is 0 Å². The molecule has 0 saturated heterocycles. The molecule has 2 heterocycles. The molecule has 2 nitrogen and oxygen atoms in total. The number of pyridine rings is 1. The Morgan fingerprint density at radius 1 is 1.50 bits per heavy atom. The van der Waals surface area contributed by atoms with Gasteiger partial charge >= 0.3 is 0 Å². The number of hydrogen-bond acceptors (Lipinski definition) is 2. The van der Waals surface area contributed by atoms with E-state index in [0.717, 1.165) is 14.7 Å². The molecule has 0 spiro atoms. The third kappa shape index (κ3) is 0.901. The number of nitrogens with zero attached hydrogens (tertiary/aromatic N) is 1. The van der Waals surface area contributed by atoms with Gasteiger partial charge in [0.1, 0.15) is 0 Å². The molecule has 0 saturated carbocycles. The number of rotatable bonds is 0. The summed E-state index contributed by atoms with van der Waals surface area (Å²) in [6, 6.07) is 3.92. The molecule has 0 aliphatic rings. The van der Waals surface area contributed by atoms with Crippen molar-refractivity contribution in [3.05, 3.63) is 28.3 Å². The van der Waals surface area contributed by atoms with Crippen LogP contribution in [0.25, 0.3) is 11.0 Å². The highest BCUT2D eigenvalue weighted by Crippen LogP contribution is 2.18. The zero-order chi connectivity index (χ0) is 6.97. The third-order valence-electron chi connectivity index (χ3n) is 1.29. The highest BCUT2D eigenvalue weighted by Gasteiger charge is 1.97. The number of aromatic nitrogens is 1. The second kappa shape index (κ2) is 2.23. The molecule has 0 aliphatic carbocycles. The van der Waals surface area contributed by atoms with Gasteiger partial charge in [-0.3, -0.25) is 4.98 Å². The van der Waals surface area contributed by atoms with Crippen LogP contribution in [0.5, 0.6) is 0 Å². The van der Waals surface area contributed by atoms with Crippen LogP contribution in [0.15, 0.2) is 28.9 Å². The van der Waals surface area contributed by atoms with Crippen LogP contribution in [0.2, 0.25) is 0 Å². The molecule has 0 N–H and O–H groups in total. The van der Waals surface area contributed by atoms with Gasteiger partial charge in [-0.2, -0.15) is 0 Å². The average Bonchev–Trinajstić information content (AvgIpc) is 2.27. The lowest BCUT2D eigenvalue weighted by Crippen LogP contribution is -1.65. The second-order valence-corrected chi connectivity index (χ2v) is 3.03. The summed E-state index contributed by atoms with van der Waals surface area (Å²) in [5.74, 6) is 0. The standard InChI is InChI=1S/C7H4INO/c8-7-3-5-1-2-9-4-6(5)10-7/h1-4H. The summed E-state index contributed by atoms with van der Waals surface area (Å²) in [4.78, 5) is 3.93. The predicted molar refractivity (Wildman–Crippen MR) is 46.7 cm³/mol. The Morgan fingerprint density at radius 3 is 3.20 bits per heavy atom. The Labute approximate surface area is 71.4 Å². The highest BCUT2D eigenvalue weighted by molar-refractivity contribution is 14.1. The minimum absolute atomic E-state index is 0.854. The van der Waals surface area contributed by atoms with Crippen LogP contribution in [0.4, 0.5) is 0 Å². The fraction of sp³-hybridized carbons (Fsp3) is 0. The predicted octanol–water partition coefficient (Wildman–Crippen LogP) is 2.43. The number of furan rings is 1. The fourth-order valence-electron chi connectivity index (χ4n) is 0.852. The van der Waals surface area contributed by atoms with Crippen molar-refractivity contribution >= 4 is 33.6 Å². The van der Waals surface area contributed by atoms with Gasteiger partial charge in [0.05, 0.1) is 6.20 Å². The van der Waals surface area contributed by atoms with E-state index in [2.05, 4.69) is 27.6 Å². The molecule has 0 radical (unpaired) electrons. The van der Waals surface area contributed by atoms with E-state index in [4.69, 9.17) is 4.42 Å². The molecule has 0 amide bonds. The highest BCUT2D eigenvalue weighted by atomic mass is 127. The first kappa shape index (κ1) is 6.15. The van der Waals surface area contributed by atoms with Crippen LogP contribution in [0.3, 0.4) is 0 Å². The van der Waals surface area contributed by atoms with E-state index in [1.807, 2.05) is 12.1 Å². The van der Waals surface area contributed by atoms with Crippen LogP contribution in [0.1, 0.15) is 0 Å². The molecule has 3 heteroatoms. The van der Waals surface area contributed by atoms with Gasteiger partial charge in [-0.05, 0) is 34.7 Å². The Balaban J connectivity index is 2.88. The SMILES string of the molecule is Ic1cc2ccncc2o1. The topological polar surface area (TPSA) is 26.0 Å². The van der Waals surface area contributed by atoms with Crippen molar-refractivity contribution in [2.45, 2.75) is 0 Å². The molecule has 0 bridgehead atoms. The Bertz CT molecular complexity index is 322. The lowest BCUT2D eigenvalue weighted by Gasteiger charge is -1.81. The zero-order valence-corrected chi connectivity index (χ0v) is 7.20. The average molecular weight is 245 g/mol. The monoisotopic (exact) mass is 245 g/mol. The summed E-state index contributed by atoms with van der Waals surface area (Å²) in [6.07, 6.45) is 3.48. The number of halogens is 1. The van der Waals surface area contributed by atoms with Crippen LogP contribution in [-0.2, 0) is 0 Å². The van der Waals surface area contributed by atoms with E-state index in [-0.39, 0.29) is 0 Å². The van der Waals surface area contributed by atoms with E-state index in [1.54, 1.807) is 12.4 Å². The summed E-state index contributed by atoms with van der Waals surface area (Å²) < 4.78 is 6.20. The molecule has 2 rings (SSSR count). The summed E-state index contributed by atoms with van der Waals surface area (Å²) in [5, 5.41) is 1.11. The molecular formula is C7H4INO. The van der Waals surface area contributed by atoms with Crippen LogP contribution in [0, 0.1) is 3.77 Å². The van der Waals surface area contributed by atoms with Crippen LogP contribution < -0.4 is 0 Å². The van der Waals surface area contributed by atoms with E-state index in [0.29, 0.717) is 0 Å². The zero-order valence-electron chi connectivity index (χ0n) is 5.04. The Kier molecular flexibility index (Phi) is 1.37. The normalized spacial score (nSPS) is 10.5. The van der Waals surface area contributed by atoms with Crippen LogP contribution in [-0.4, -0.2) is 4.98 Å². The van der Waals surface area contributed by atoms with Gasteiger partial charge in [0.2, 0.25) is 0 Å².